The van der Waals surface area contributed by atoms with Crippen LogP contribution in [0.5, 0.6) is 11.5 Å². The highest BCUT2D eigenvalue weighted by Gasteiger charge is 2.36. The minimum Gasteiger partial charge on any atom is -0.490 e. The first-order valence-corrected chi connectivity index (χ1v) is 13.7. The quantitative estimate of drug-likeness (QED) is 0.564. The van der Waals surface area contributed by atoms with Gasteiger partial charge in [-0.2, -0.15) is 0 Å². The summed E-state index contributed by atoms with van der Waals surface area (Å²) in [5.41, 5.74) is 5.20. The Morgan fingerprint density at radius 3 is 2.28 bits per heavy atom. The van der Waals surface area contributed by atoms with Gasteiger partial charge in [0.15, 0.2) is 11.5 Å². The highest BCUT2D eigenvalue weighted by atomic mass is 16.5. The number of carbonyl (C=O) groups is 1. The van der Waals surface area contributed by atoms with Crippen LogP contribution in [-0.4, -0.2) is 73.9 Å². The van der Waals surface area contributed by atoms with Crippen molar-refractivity contribution in [3.63, 3.8) is 0 Å². The second-order valence-electron chi connectivity index (χ2n) is 10.2. The first kappa shape index (κ1) is 24.8. The maximum Gasteiger partial charge on any atom is 0.253 e. The fourth-order valence-corrected chi connectivity index (χ4v) is 5.88. The van der Waals surface area contributed by atoms with E-state index in [0.717, 1.165) is 79.3 Å². The molecule has 0 radical (unpaired) electrons. The molecule has 2 atom stereocenters. The number of rotatable bonds is 6. The summed E-state index contributed by atoms with van der Waals surface area (Å²) in [5.74, 6) is 2.05. The Bertz CT molecular complexity index is 1100. The Hall–Kier alpha value is -2.86. The number of ether oxygens (including phenoxy) is 2. The van der Waals surface area contributed by atoms with Gasteiger partial charge in [0.25, 0.3) is 5.91 Å². The predicted octanol–water partition coefficient (Wildman–Crippen LogP) is 5.14. The minimum atomic E-state index is 0.143. The molecule has 0 saturated carbocycles. The summed E-state index contributed by atoms with van der Waals surface area (Å²) in [6.45, 7) is 8.93. The van der Waals surface area contributed by atoms with Crippen molar-refractivity contribution >= 4 is 11.6 Å². The van der Waals surface area contributed by atoms with Crippen LogP contribution in [0.2, 0.25) is 0 Å². The largest absolute Gasteiger partial charge is 0.490 e. The van der Waals surface area contributed by atoms with Gasteiger partial charge in [0.2, 0.25) is 0 Å². The van der Waals surface area contributed by atoms with Gasteiger partial charge in [0.05, 0.1) is 25.0 Å². The SMILES string of the molecule is CCOc1cc2c(cc1OCC)C1CN(C)CCC1N=C2c1ccc(C(=O)N2CCCCCC2)cc1. The molecule has 2 aromatic carbocycles. The first-order chi connectivity index (χ1) is 17.6. The molecule has 1 amide bonds. The molecule has 2 saturated heterocycles. The molecule has 2 fully saturated rings. The third kappa shape index (κ3) is 5.01. The maximum absolute atomic E-state index is 13.1. The Kier molecular flexibility index (Phi) is 7.61. The van der Waals surface area contributed by atoms with E-state index in [2.05, 4.69) is 36.2 Å². The van der Waals surface area contributed by atoms with Crippen LogP contribution < -0.4 is 9.47 Å². The molecule has 6 heteroatoms. The van der Waals surface area contributed by atoms with Crippen molar-refractivity contribution < 1.29 is 14.3 Å². The molecular formula is C30H39N3O3. The average Bonchev–Trinajstić information content (AvgIpc) is 3.19. The normalized spacial score (nSPS) is 22.2. The van der Waals surface area contributed by atoms with Gasteiger partial charge in [-0.3, -0.25) is 9.79 Å². The van der Waals surface area contributed by atoms with E-state index in [1.54, 1.807) is 0 Å². The lowest BCUT2D eigenvalue weighted by Gasteiger charge is -2.39. The molecule has 2 unspecified atom stereocenters. The predicted molar refractivity (Wildman–Crippen MR) is 144 cm³/mol. The fraction of sp³-hybridized carbons (Fsp3) is 0.533. The molecule has 36 heavy (non-hydrogen) atoms. The van der Waals surface area contributed by atoms with Gasteiger partial charge in [0, 0.05) is 42.2 Å². The van der Waals surface area contributed by atoms with E-state index in [9.17, 15) is 4.79 Å². The molecule has 5 rings (SSSR count). The molecule has 0 bridgehead atoms. The summed E-state index contributed by atoms with van der Waals surface area (Å²) in [5, 5.41) is 0. The Labute approximate surface area is 215 Å². The minimum absolute atomic E-state index is 0.143. The number of aliphatic imine (C=N–C) groups is 1. The van der Waals surface area contributed by atoms with E-state index < -0.39 is 0 Å². The van der Waals surface area contributed by atoms with Crippen LogP contribution in [0.15, 0.2) is 41.4 Å². The second kappa shape index (κ2) is 11.0. The van der Waals surface area contributed by atoms with Crippen molar-refractivity contribution in [1.29, 1.82) is 0 Å². The Morgan fingerprint density at radius 1 is 0.944 bits per heavy atom. The van der Waals surface area contributed by atoms with Crippen LogP contribution in [0.4, 0.5) is 0 Å². The van der Waals surface area contributed by atoms with Crippen LogP contribution in [0, 0.1) is 0 Å². The van der Waals surface area contributed by atoms with Gasteiger partial charge in [-0.15, -0.1) is 0 Å². The van der Waals surface area contributed by atoms with E-state index >= 15 is 0 Å². The maximum atomic E-state index is 13.1. The summed E-state index contributed by atoms with van der Waals surface area (Å²) in [6, 6.07) is 12.6. The second-order valence-corrected chi connectivity index (χ2v) is 10.2. The number of carbonyl (C=O) groups excluding carboxylic acids is 1. The fourth-order valence-electron chi connectivity index (χ4n) is 5.88. The number of fused-ring (bicyclic) bond motifs is 3. The first-order valence-electron chi connectivity index (χ1n) is 13.7. The third-order valence-electron chi connectivity index (χ3n) is 7.74. The van der Waals surface area contributed by atoms with Crippen LogP contribution >= 0.6 is 0 Å². The Morgan fingerprint density at radius 2 is 1.61 bits per heavy atom. The summed E-state index contributed by atoms with van der Waals surface area (Å²) in [6.07, 6.45) is 5.66. The lowest BCUT2D eigenvalue weighted by atomic mass is 9.79. The lowest BCUT2D eigenvalue weighted by molar-refractivity contribution is 0.0761. The lowest BCUT2D eigenvalue weighted by Crippen LogP contribution is -2.41. The zero-order valence-electron chi connectivity index (χ0n) is 22.0. The van der Waals surface area contributed by atoms with Crippen molar-refractivity contribution in [3.8, 4) is 11.5 Å². The van der Waals surface area contributed by atoms with Crippen molar-refractivity contribution in [2.24, 2.45) is 4.99 Å². The van der Waals surface area contributed by atoms with E-state index in [0.29, 0.717) is 19.1 Å². The standard InChI is InChI=1S/C30H39N3O3/c1-4-35-27-18-23-24(19-28(27)36-5-2)29(31-26-14-17-32(3)20-25(23)26)21-10-12-22(13-11-21)30(34)33-15-8-6-7-9-16-33/h10-13,18-19,25-26H,4-9,14-17,20H2,1-3H3. The van der Waals surface area contributed by atoms with Crippen molar-refractivity contribution in [3.05, 3.63) is 58.7 Å². The third-order valence-corrected chi connectivity index (χ3v) is 7.74. The highest BCUT2D eigenvalue weighted by Crippen LogP contribution is 2.42. The van der Waals surface area contributed by atoms with Gasteiger partial charge in [0.1, 0.15) is 0 Å². The molecule has 0 aromatic heterocycles. The summed E-state index contributed by atoms with van der Waals surface area (Å²) < 4.78 is 12.0. The molecule has 0 N–H and O–H groups in total. The number of likely N-dealkylation sites (N-methyl/N-ethyl adjacent to an activating group) is 1. The number of likely N-dealkylation sites (tertiary alicyclic amines) is 2. The van der Waals surface area contributed by atoms with Crippen molar-refractivity contribution in [2.75, 3.05) is 46.4 Å². The van der Waals surface area contributed by atoms with Crippen LogP contribution in [0.1, 0.15) is 78.9 Å². The molecule has 3 heterocycles. The van der Waals surface area contributed by atoms with Crippen molar-refractivity contribution in [2.45, 2.75) is 57.9 Å². The zero-order chi connectivity index (χ0) is 25.1. The molecule has 3 aliphatic heterocycles. The number of nitrogens with zero attached hydrogens (tertiary/aromatic N) is 3. The molecule has 6 nitrogen and oxygen atoms in total. The smallest absolute Gasteiger partial charge is 0.253 e. The van der Waals surface area contributed by atoms with E-state index in [1.165, 1.54) is 18.4 Å². The molecule has 0 aliphatic carbocycles. The van der Waals surface area contributed by atoms with E-state index in [4.69, 9.17) is 14.5 Å². The number of amides is 1. The van der Waals surface area contributed by atoms with Crippen LogP contribution in [-0.2, 0) is 0 Å². The van der Waals surface area contributed by atoms with Gasteiger partial charge in [-0.1, -0.05) is 25.0 Å². The number of hydrogen-bond donors (Lipinski definition) is 0. The molecular weight excluding hydrogens is 450 g/mol. The number of benzene rings is 2. The summed E-state index contributed by atoms with van der Waals surface area (Å²) >= 11 is 0. The summed E-state index contributed by atoms with van der Waals surface area (Å²) in [7, 11) is 2.19. The van der Waals surface area contributed by atoms with E-state index in [-0.39, 0.29) is 11.9 Å². The van der Waals surface area contributed by atoms with Crippen LogP contribution in [0.25, 0.3) is 0 Å². The van der Waals surface area contributed by atoms with Crippen LogP contribution in [0.3, 0.4) is 0 Å². The molecule has 2 aromatic rings. The topological polar surface area (TPSA) is 54.4 Å². The summed E-state index contributed by atoms with van der Waals surface area (Å²) in [4.78, 5) is 22.8. The Balaban J connectivity index is 1.51. The van der Waals surface area contributed by atoms with Gasteiger partial charge >= 0.3 is 0 Å². The molecule has 0 spiro atoms. The molecule has 192 valence electrons. The monoisotopic (exact) mass is 489 g/mol. The highest BCUT2D eigenvalue weighted by molar-refractivity contribution is 6.15. The number of hydrogen-bond acceptors (Lipinski definition) is 5. The van der Waals surface area contributed by atoms with Gasteiger partial charge in [-0.05, 0) is 76.5 Å². The van der Waals surface area contributed by atoms with E-state index in [1.807, 2.05) is 30.9 Å². The van der Waals surface area contributed by atoms with Gasteiger partial charge < -0.3 is 19.3 Å². The zero-order valence-corrected chi connectivity index (χ0v) is 22.0. The van der Waals surface area contributed by atoms with Gasteiger partial charge in [-0.25, -0.2) is 0 Å². The molecule has 3 aliphatic rings. The number of piperidine rings is 1. The van der Waals surface area contributed by atoms with Crippen molar-refractivity contribution in [1.82, 2.24) is 9.80 Å². The average molecular weight is 490 g/mol.